The van der Waals surface area contributed by atoms with E-state index in [9.17, 15) is 23.1 Å². The highest BCUT2D eigenvalue weighted by Gasteiger charge is 2.30. The fraction of sp³-hybridized carbons (Fsp3) is 0.500. The van der Waals surface area contributed by atoms with E-state index in [4.69, 9.17) is 4.52 Å². The Morgan fingerprint density at radius 1 is 0.923 bits per heavy atom. The summed E-state index contributed by atoms with van der Waals surface area (Å²) in [7, 11) is 0. The molecule has 0 aliphatic rings. The minimum Gasteiger partial charge on any atom is -0.465 e. The lowest BCUT2D eigenvalue weighted by Crippen LogP contribution is -2.31. The van der Waals surface area contributed by atoms with E-state index in [1.807, 2.05) is 0 Å². The molecule has 0 saturated heterocycles. The van der Waals surface area contributed by atoms with Crippen molar-refractivity contribution in [2.45, 2.75) is 96.8 Å². The van der Waals surface area contributed by atoms with Crippen molar-refractivity contribution in [3.8, 4) is 11.5 Å². The lowest BCUT2D eigenvalue weighted by molar-refractivity contribution is -0.137. The van der Waals surface area contributed by atoms with Crippen molar-refractivity contribution in [3.05, 3.63) is 71.0 Å². The van der Waals surface area contributed by atoms with Gasteiger partial charge in [-0.05, 0) is 48.7 Å². The highest BCUT2D eigenvalue weighted by Crippen LogP contribution is 2.31. The molecule has 0 bridgehead atoms. The van der Waals surface area contributed by atoms with Gasteiger partial charge in [0.1, 0.15) is 0 Å². The van der Waals surface area contributed by atoms with Gasteiger partial charge in [0.25, 0.3) is 5.89 Å². The number of unbranched alkanes of at least 4 members (excludes halogenated alkanes) is 8. The molecule has 2 aromatic carbocycles. The van der Waals surface area contributed by atoms with Gasteiger partial charge < -0.3 is 9.63 Å². The molecule has 1 heterocycles. The molecule has 212 valence electrons. The predicted molar refractivity (Wildman–Crippen MR) is 144 cm³/mol. The molecule has 1 N–H and O–H groups in total. The summed E-state index contributed by atoms with van der Waals surface area (Å²) in [5.74, 6) is 1.10. The first-order valence-electron chi connectivity index (χ1n) is 13.8. The van der Waals surface area contributed by atoms with Crippen molar-refractivity contribution < 1.29 is 27.6 Å². The fourth-order valence-electron chi connectivity index (χ4n) is 4.52. The van der Waals surface area contributed by atoms with Gasteiger partial charge in [0.15, 0.2) is 5.82 Å². The summed E-state index contributed by atoms with van der Waals surface area (Å²) in [6.45, 7) is 3.96. The number of nitrogens with zero attached hydrogens (tertiary/aromatic N) is 3. The summed E-state index contributed by atoms with van der Waals surface area (Å²) in [5, 5.41) is 13.9. The van der Waals surface area contributed by atoms with Crippen molar-refractivity contribution in [3.63, 3.8) is 0 Å². The van der Waals surface area contributed by atoms with E-state index in [2.05, 4.69) is 17.1 Å². The van der Waals surface area contributed by atoms with Crippen LogP contribution >= 0.6 is 0 Å². The quantitative estimate of drug-likeness (QED) is 0.193. The van der Waals surface area contributed by atoms with Crippen molar-refractivity contribution >= 4 is 6.09 Å². The van der Waals surface area contributed by atoms with Gasteiger partial charge in [-0.15, -0.1) is 0 Å². The average Bonchev–Trinajstić information content (AvgIpc) is 3.39. The van der Waals surface area contributed by atoms with Gasteiger partial charge in [0.2, 0.25) is 0 Å². The van der Waals surface area contributed by atoms with Crippen LogP contribution in [0.4, 0.5) is 18.0 Å². The summed E-state index contributed by atoms with van der Waals surface area (Å²) in [6.07, 6.45) is 6.41. The molecule has 3 rings (SSSR count). The van der Waals surface area contributed by atoms with E-state index in [0.29, 0.717) is 17.3 Å². The van der Waals surface area contributed by atoms with Gasteiger partial charge in [-0.2, -0.15) is 18.2 Å². The molecule has 3 aromatic rings. The van der Waals surface area contributed by atoms with E-state index in [0.717, 1.165) is 42.5 Å². The number of benzene rings is 2. The van der Waals surface area contributed by atoms with Crippen molar-refractivity contribution in [2.24, 2.45) is 0 Å². The molecule has 9 heteroatoms. The summed E-state index contributed by atoms with van der Waals surface area (Å²) in [4.78, 5) is 17.6. The summed E-state index contributed by atoms with van der Waals surface area (Å²) in [6, 6.07) is 11.1. The largest absolute Gasteiger partial charge is 0.465 e. The number of hydrogen-bond acceptors (Lipinski definition) is 4. The van der Waals surface area contributed by atoms with E-state index in [1.165, 1.54) is 62.0 Å². The SMILES string of the molecule is CCCCCCCCCCCc1noc(-c2ccc(CN(C(=O)O)[C@@H](C)c3ccc(C(F)(F)F)cc3)cc2)n1. The monoisotopic (exact) mass is 545 g/mol. The Labute approximate surface area is 228 Å². The van der Waals surface area contributed by atoms with E-state index in [1.54, 1.807) is 31.2 Å². The molecule has 1 aromatic heterocycles. The standard InChI is InChI=1S/C30H38F3N3O3/c1-3-4-5-6-7-8-9-10-11-12-27-34-28(39-35-27)25-15-13-23(14-16-25)21-36(29(37)38)22(2)24-17-19-26(20-18-24)30(31,32)33/h13-20,22H,3-12,21H2,1-2H3,(H,37,38)/t22-/m0/s1. The number of amides is 1. The van der Waals surface area contributed by atoms with E-state index < -0.39 is 23.9 Å². The third-order valence-corrected chi connectivity index (χ3v) is 6.96. The zero-order valence-electron chi connectivity index (χ0n) is 22.7. The van der Waals surface area contributed by atoms with E-state index >= 15 is 0 Å². The molecule has 0 saturated carbocycles. The number of halogens is 3. The normalized spacial score (nSPS) is 12.4. The Balaban J connectivity index is 1.51. The molecule has 0 fully saturated rings. The van der Waals surface area contributed by atoms with Gasteiger partial charge in [-0.3, -0.25) is 4.90 Å². The maximum absolute atomic E-state index is 12.9. The number of aryl methyl sites for hydroxylation is 1. The van der Waals surface area contributed by atoms with Crippen molar-refractivity contribution in [1.29, 1.82) is 0 Å². The predicted octanol–water partition coefficient (Wildman–Crippen LogP) is 9.07. The first-order chi connectivity index (χ1) is 18.7. The van der Waals surface area contributed by atoms with E-state index in [-0.39, 0.29) is 6.54 Å². The number of carboxylic acid groups (broad SMARTS) is 1. The van der Waals surface area contributed by atoms with Crippen LogP contribution in [0.5, 0.6) is 0 Å². The first kappa shape index (κ1) is 30.2. The van der Waals surface area contributed by atoms with Gasteiger partial charge in [0.05, 0.1) is 11.6 Å². The summed E-state index contributed by atoms with van der Waals surface area (Å²) in [5.41, 5.74) is 1.18. The number of rotatable bonds is 15. The molecule has 1 amide bonds. The Kier molecular flexibility index (Phi) is 11.4. The maximum atomic E-state index is 12.9. The van der Waals surface area contributed by atoms with Crippen LogP contribution in [0.3, 0.4) is 0 Å². The van der Waals surface area contributed by atoms with Crippen LogP contribution in [0.15, 0.2) is 53.1 Å². The molecule has 6 nitrogen and oxygen atoms in total. The van der Waals surface area contributed by atoms with Crippen LogP contribution in [0.25, 0.3) is 11.5 Å². The highest BCUT2D eigenvalue weighted by atomic mass is 19.4. The zero-order valence-corrected chi connectivity index (χ0v) is 22.7. The zero-order chi connectivity index (χ0) is 28.3. The highest BCUT2D eigenvalue weighted by molar-refractivity contribution is 5.66. The molecule has 39 heavy (non-hydrogen) atoms. The van der Waals surface area contributed by atoms with Crippen LogP contribution in [0, 0.1) is 0 Å². The number of alkyl halides is 3. The molecule has 0 spiro atoms. The Morgan fingerprint density at radius 3 is 2.08 bits per heavy atom. The maximum Gasteiger partial charge on any atom is 0.416 e. The number of aromatic nitrogens is 2. The average molecular weight is 546 g/mol. The van der Waals surface area contributed by atoms with Crippen LogP contribution in [0.2, 0.25) is 0 Å². The second-order valence-corrected chi connectivity index (χ2v) is 10.00. The Morgan fingerprint density at radius 2 is 1.51 bits per heavy atom. The topological polar surface area (TPSA) is 79.5 Å². The Bertz CT molecular complexity index is 1140. The third kappa shape index (κ3) is 9.41. The first-order valence-corrected chi connectivity index (χ1v) is 13.8. The van der Waals surface area contributed by atoms with Gasteiger partial charge in [0, 0.05) is 18.5 Å². The summed E-state index contributed by atoms with van der Waals surface area (Å²) < 4.78 is 44.0. The van der Waals surface area contributed by atoms with Gasteiger partial charge in [-0.1, -0.05) is 87.7 Å². The molecular weight excluding hydrogens is 507 g/mol. The molecule has 1 atom stereocenters. The minimum absolute atomic E-state index is 0.0749. The third-order valence-electron chi connectivity index (χ3n) is 6.96. The lowest BCUT2D eigenvalue weighted by Gasteiger charge is -2.27. The molecule has 0 unspecified atom stereocenters. The van der Waals surface area contributed by atoms with Crippen LogP contribution in [-0.2, 0) is 19.1 Å². The fourth-order valence-corrected chi connectivity index (χ4v) is 4.52. The molecule has 0 aliphatic heterocycles. The second kappa shape index (κ2) is 14.7. The minimum atomic E-state index is -4.44. The van der Waals surface area contributed by atoms with Crippen LogP contribution in [0.1, 0.15) is 100 Å². The smallest absolute Gasteiger partial charge is 0.416 e. The van der Waals surface area contributed by atoms with Crippen LogP contribution < -0.4 is 0 Å². The van der Waals surface area contributed by atoms with Crippen LogP contribution in [-0.4, -0.2) is 26.2 Å². The summed E-state index contributed by atoms with van der Waals surface area (Å²) >= 11 is 0. The molecule has 0 radical (unpaired) electrons. The van der Waals surface area contributed by atoms with Gasteiger partial charge >= 0.3 is 12.3 Å². The van der Waals surface area contributed by atoms with Crippen molar-refractivity contribution in [1.82, 2.24) is 15.0 Å². The second-order valence-electron chi connectivity index (χ2n) is 10.00. The number of carbonyl (C=O) groups is 1. The molecule has 0 aliphatic carbocycles. The van der Waals surface area contributed by atoms with Gasteiger partial charge in [-0.25, -0.2) is 4.79 Å². The molecular formula is C30H38F3N3O3. The number of hydrogen-bond donors (Lipinski definition) is 1. The Hall–Kier alpha value is -3.36. The lowest BCUT2D eigenvalue weighted by atomic mass is 10.0. The van der Waals surface area contributed by atoms with Crippen molar-refractivity contribution in [2.75, 3.05) is 0 Å².